The zero-order valence-electron chi connectivity index (χ0n) is 10.9. The van der Waals surface area contributed by atoms with Gasteiger partial charge in [0, 0.05) is 12.6 Å². The minimum Gasteiger partial charge on any atom is -0.374 e. The summed E-state index contributed by atoms with van der Waals surface area (Å²) in [6.07, 6.45) is 9.09. The predicted octanol–water partition coefficient (Wildman–Crippen LogP) is 3.10. The van der Waals surface area contributed by atoms with E-state index in [1.165, 1.54) is 38.5 Å². The Kier molecular flexibility index (Phi) is 3.91. The number of hydrogen-bond donors (Lipinski definition) is 1. The van der Waals surface area contributed by atoms with E-state index in [0.717, 1.165) is 18.9 Å². The highest BCUT2D eigenvalue weighted by atomic mass is 16.5. The molecule has 1 saturated carbocycles. The van der Waals surface area contributed by atoms with Crippen LogP contribution in [0.5, 0.6) is 0 Å². The highest BCUT2D eigenvalue weighted by molar-refractivity contribution is 4.95. The van der Waals surface area contributed by atoms with Gasteiger partial charge >= 0.3 is 0 Å². The third-order valence-corrected chi connectivity index (χ3v) is 4.86. The number of nitrogens with two attached hydrogens (primary N) is 1. The lowest BCUT2D eigenvalue weighted by molar-refractivity contribution is -0.0246. The van der Waals surface area contributed by atoms with Gasteiger partial charge in [-0.15, -0.1) is 0 Å². The molecule has 0 aromatic carbocycles. The smallest absolute Gasteiger partial charge is 0.0808 e. The van der Waals surface area contributed by atoms with Gasteiger partial charge in [-0.25, -0.2) is 0 Å². The Labute approximate surface area is 99.9 Å². The molecule has 1 heterocycles. The van der Waals surface area contributed by atoms with E-state index in [9.17, 15) is 0 Å². The summed E-state index contributed by atoms with van der Waals surface area (Å²) >= 11 is 0. The van der Waals surface area contributed by atoms with Crippen molar-refractivity contribution in [2.45, 2.75) is 70.4 Å². The summed E-state index contributed by atoms with van der Waals surface area (Å²) in [6.45, 7) is 5.45. The van der Waals surface area contributed by atoms with Crippen LogP contribution in [-0.2, 0) is 4.74 Å². The molecule has 0 aromatic rings. The van der Waals surface area contributed by atoms with E-state index in [2.05, 4.69) is 13.8 Å². The number of hydrogen-bond acceptors (Lipinski definition) is 2. The molecule has 2 nitrogen and oxygen atoms in total. The molecular formula is C14H27NO. The zero-order valence-corrected chi connectivity index (χ0v) is 10.9. The second-order valence-electron chi connectivity index (χ2n) is 5.99. The highest BCUT2D eigenvalue weighted by Crippen LogP contribution is 2.39. The van der Waals surface area contributed by atoms with Crippen LogP contribution < -0.4 is 5.73 Å². The van der Waals surface area contributed by atoms with Gasteiger partial charge in [0.05, 0.1) is 5.60 Å². The van der Waals surface area contributed by atoms with Gasteiger partial charge in [-0.1, -0.05) is 26.2 Å². The minimum absolute atomic E-state index is 0.0275. The Morgan fingerprint density at radius 1 is 1.38 bits per heavy atom. The summed E-state index contributed by atoms with van der Waals surface area (Å²) in [6, 6.07) is 0.254. The molecule has 1 aliphatic heterocycles. The van der Waals surface area contributed by atoms with Gasteiger partial charge in [0.15, 0.2) is 0 Å². The fraction of sp³-hybridized carbons (Fsp3) is 1.00. The fourth-order valence-electron chi connectivity index (χ4n) is 3.59. The second-order valence-corrected chi connectivity index (χ2v) is 5.99. The van der Waals surface area contributed by atoms with Crippen LogP contribution in [0, 0.1) is 11.8 Å². The molecule has 0 bridgehead atoms. The van der Waals surface area contributed by atoms with Crippen molar-refractivity contribution in [3.8, 4) is 0 Å². The summed E-state index contributed by atoms with van der Waals surface area (Å²) in [5.41, 5.74) is 6.45. The fourth-order valence-corrected chi connectivity index (χ4v) is 3.59. The van der Waals surface area contributed by atoms with Crippen LogP contribution in [0.3, 0.4) is 0 Å². The van der Waals surface area contributed by atoms with Crippen LogP contribution in [0.2, 0.25) is 0 Å². The van der Waals surface area contributed by atoms with E-state index in [1.807, 2.05) is 0 Å². The van der Waals surface area contributed by atoms with Crippen LogP contribution in [0.25, 0.3) is 0 Å². The van der Waals surface area contributed by atoms with E-state index < -0.39 is 0 Å². The molecule has 0 radical (unpaired) electrons. The van der Waals surface area contributed by atoms with E-state index in [0.29, 0.717) is 5.92 Å². The average Bonchev–Trinajstić information content (AvgIpc) is 2.76. The topological polar surface area (TPSA) is 35.2 Å². The van der Waals surface area contributed by atoms with Crippen molar-refractivity contribution < 1.29 is 4.74 Å². The van der Waals surface area contributed by atoms with Crippen molar-refractivity contribution in [2.24, 2.45) is 17.6 Å². The summed E-state index contributed by atoms with van der Waals surface area (Å²) in [4.78, 5) is 0. The molecule has 1 aliphatic carbocycles. The molecule has 94 valence electrons. The van der Waals surface area contributed by atoms with Crippen molar-refractivity contribution >= 4 is 0 Å². The van der Waals surface area contributed by atoms with Crippen LogP contribution in [-0.4, -0.2) is 18.2 Å². The van der Waals surface area contributed by atoms with Crippen molar-refractivity contribution in [1.82, 2.24) is 0 Å². The lowest BCUT2D eigenvalue weighted by Gasteiger charge is -2.40. The first kappa shape index (κ1) is 12.4. The minimum atomic E-state index is -0.0275. The van der Waals surface area contributed by atoms with Gasteiger partial charge in [-0.3, -0.25) is 0 Å². The van der Waals surface area contributed by atoms with Gasteiger partial charge < -0.3 is 10.5 Å². The molecule has 16 heavy (non-hydrogen) atoms. The summed E-state index contributed by atoms with van der Waals surface area (Å²) in [5, 5.41) is 0. The predicted molar refractivity (Wildman–Crippen MR) is 67.3 cm³/mol. The Morgan fingerprint density at radius 2 is 2.19 bits per heavy atom. The van der Waals surface area contributed by atoms with Crippen LogP contribution in [0.15, 0.2) is 0 Å². The molecular weight excluding hydrogens is 198 g/mol. The molecule has 2 aliphatic rings. The molecule has 0 amide bonds. The summed E-state index contributed by atoms with van der Waals surface area (Å²) in [5.74, 6) is 1.61. The average molecular weight is 225 g/mol. The first-order valence-corrected chi connectivity index (χ1v) is 7.05. The molecule has 0 aromatic heterocycles. The first-order chi connectivity index (χ1) is 7.65. The molecule has 4 unspecified atom stereocenters. The monoisotopic (exact) mass is 225 g/mol. The quantitative estimate of drug-likeness (QED) is 0.801. The Bertz CT molecular complexity index is 223. The zero-order chi connectivity index (χ0) is 11.6. The third-order valence-electron chi connectivity index (χ3n) is 4.86. The summed E-state index contributed by atoms with van der Waals surface area (Å²) in [7, 11) is 0. The van der Waals surface area contributed by atoms with Crippen LogP contribution in [0.4, 0.5) is 0 Å². The molecule has 0 spiro atoms. The van der Waals surface area contributed by atoms with Crippen molar-refractivity contribution in [3.05, 3.63) is 0 Å². The largest absolute Gasteiger partial charge is 0.374 e. The highest BCUT2D eigenvalue weighted by Gasteiger charge is 2.41. The standard InChI is InChI=1S/C14H27NO/c1-3-11-6-4-7-12(10-11)13(15)14(2)8-5-9-16-14/h11-13H,3-10,15H2,1-2H3. The molecule has 2 rings (SSSR count). The van der Waals surface area contributed by atoms with Gasteiger partial charge in [0.2, 0.25) is 0 Å². The van der Waals surface area contributed by atoms with E-state index >= 15 is 0 Å². The molecule has 2 heteroatoms. The maximum absolute atomic E-state index is 6.48. The van der Waals surface area contributed by atoms with E-state index in [1.54, 1.807) is 0 Å². The lowest BCUT2D eigenvalue weighted by Crippen LogP contribution is -2.51. The molecule has 2 N–H and O–H groups in total. The molecule has 4 atom stereocenters. The Morgan fingerprint density at radius 3 is 2.81 bits per heavy atom. The normalized spacial score (nSPS) is 42.2. The van der Waals surface area contributed by atoms with Crippen molar-refractivity contribution in [1.29, 1.82) is 0 Å². The lowest BCUT2D eigenvalue weighted by atomic mass is 9.72. The van der Waals surface area contributed by atoms with Gasteiger partial charge in [-0.2, -0.15) is 0 Å². The second kappa shape index (κ2) is 5.05. The van der Waals surface area contributed by atoms with E-state index in [-0.39, 0.29) is 11.6 Å². The molecule has 1 saturated heterocycles. The maximum Gasteiger partial charge on any atom is 0.0808 e. The Hall–Kier alpha value is -0.0800. The third kappa shape index (κ3) is 2.43. The van der Waals surface area contributed by atoms with Crippen LogP contribution in [0.1, 0.15) is 58.8 Å². The van der Waals surface area contributed by atoms with Crippen molar-refractivity contribution in [2.75, 3.05) is 6.61 Å². The summed E-state index contributed by atoms with van der Waals surface area (Å²) < 4.78 is 5.90. The number of ether oxygens (including phenoxy) is 1. The molecule has 2 fully saturated rings. The van der Waals surface area contributed by atoms with Gasteiger partial charge in [-0.05, 0) is 44.4 Å². The SMILES string of the molecule is CCC1CCCC(C(N)C2(C)CCCO2)C1. The van der Waals surface area contributed by atoms with Crippen LogP contribution >= 0.6 is 0 Å². The van der Waals surface area contributed by atoms with E-state index in [4.69, 9.17) is 10.5 Å². The van der Waals surface area contributed by atoms with Gasteiger partial charge in [0.1, 0.15) is 0 Å². The number of rotatable bonds is 3. The van der Waals surface area contributed by atoms with Crippen molar-refractivity contribution in [3.63, 3.8) is 0 Å². The first-order valence-electron chi connectivity index (χ1n) is 7.05. The Balaban J connectivity index is 1.95. The van der Waals surface area contributed by atoms with Gasteiger partial charge in [0.25, 0.3) is 0 Å². The maximum atomic E-state index is 6.48.